The van der Waals surface area contributed by atoms with Crippen molar-refractivity contribution in [3.8, 4) is 0 Å². The van der Waals surface area contributed by atoms with E-state index in [-0.39, 0.29) is 24.9 Å². The molecule has 1 aromatic carbocycles. The summed E-state index contributed by atoms with van der Waals surface area (Å²) < 4.78 is 31.9. The Balaban J connectivity index is 2.40. The molecule has 21 heavy (non-hydrogen) atoms. The van der Waals surface area contributed by atoms with Crippen LogP contribution in [0.4, 0.5) is 20.2 Å². The van der Waals surface area contributed by atoms with Gasteiger partial charge in [0.2, 0.25) is 5.82 Å². The molecule has 1 fully saturated rings. The molecule has 0 bridgehead atoms. The van der Waals surface area contributed by atoms with Crippen LogP contribution in [0.2, 0.25) is 0 Å². The molecule has 0 saturated heterocycles. The molecule has 1 aliphatic rings. The Morgan fingerprint density at radius 3 is 2.67 bits per heavy atom. The first-order valence-electron chi connectivity index (χ1n) is 6.49. The zero-order valence-corrected chi connectivity index (χ0v) is 11.3. The number of hydrogen-bond donors (Lipinski definition) is 0. The second-order valence-corrected chi connectivity index (χ2v) is 4.68. The van der Waals surface area contributed by atoms with Gasteiger partial charge < -0.3 is 9.64 Å². The van der Waals surface area contributed by atoms with E-state index in [0.717, 1.165) is 6.07 Å². The van der Waals surface area contributed by atoms with Crippen molar-refractivity contribution in [2.24, 2.45) is 0 Å². The first kappa shape index (κ1) is 15.1. The van der Waals surface area contributed by atoms with E-state index in [4.69, 9.17) is 4.74 Å². The normalized spacial score (nSPS) is 13.9. The fourth-order valence-corrected chi connectivity index (χ4v) is 2.09. The number of rotatable bonds is 6. The Labute approximate surface area is 119 Å². The Morgan fingerprint density at radius 2 is 2.14 bits per heavy atom. The Hall–Kier alpha value is -2.25. The Morgan fingerprint density at radius 1 is 1.48 bits per heavy atom. The van der Waals surface area contributed by atoms with E-state index in [1.54, 1.807) is 6.92 Å². The van der Waals surface area contributed by atoms with Crippen LogP contribution in [0, 0.1) is 21.7 Å². The van der Waals surface area contributed by atoms with Crippen LogP contribution in [0.3, 0.4) is 0 Å². The number of anilines is 1. The molecule has 0 aromatic heterocycles. The number of hydrogen-bond acceptors (Lipinski definition) is 5. The Bertz CT molecular complexity index is 576. The minimum atomic E-state index is -1.26. The highest BCUT2D eigenvalue weighted by Gasteiger charge is 2.36. The van der Waals surface area contributed by atoms with Crippen molar-refractivity contribution < 1.29 is 23.2 Å². The minimum Gasteiger partial charge on any atom is -0.465 e. The largest absolute Gasteiger partial charge is 0.465 e. The SMILES string of the molecule is CCOC(=O)CN(c1cc(F)cc(F)c1[N+](=O)[O-])C1CC1. The standard InChI is InChI=1S/C13H14F2N2O4/c1-2-21-12(18)7-16(9-3-4-9)11-6-8(14)5-10(15)13(11)17(19)20/h5-6,9H,2-4,7H2,1H3. The topological polar surface area (TPSA) is 72.7 Å². The van der Waals surface area contributed by atoms with Gasteiger partial charge in [-0.05, 0) is 19.8 Å². The predicted molar refractivity (Wildman–Crippen MR) is 70.0 cm³/mol. The van der Waals surface area contributed by atoms with Crippen LogP contribution < -0.4 is 4.90 Å². The zero-order valence-electron chi connectivity index (χ0n) is 11.3. The first-order valence-corrected chi connectivity index (χ1v) is 6.49. The maximum Gasteiger partial charge on any atom is 0.328 e. The maximum atomic E-state index is 13.7. The summed E-state index contributed by atoms with van der Waals surface area (Å²) in [6, 6.07) is 1.19. The molecule has 0 aliphatic heterocycles. The summed E-state index contributed by atoms with van der Waals surface area (Å²) in [6.45, 7) is 1.52. The lowest BCUT2D eigenvalue weighted by molar-refractivity contribution is -0.386. The first-order chi connectivity index (χ1) is 9.93. The van der Waals surface area contributed by atoms with Gasteiger partial charge in [-0.25, -0.2) is 4.39 Å². The van der Waals surface area contributed by atoms with Gasteiger partial charge in [0, 0.05) is 18.2 Å². The lowest BCUT2D eigenvalue weighted by Gasteiger charge is -2.23. The number of nitro groups is 1. The van der Waals surface area contributed by atoms with Crippen molar-refractivity contribution in [3.63, 3.8) is 0 Å². The van der Waals surface area contributed by atoms with E-state index in [1.807, 2.05) is 0 Å². The third kappa shape index (κ3) is 3.45. The van der Waals surface area contributed by atoms with E-state index in [2.05, 4.69) is 0 Å². The third-order valence-electron chi connectivity index (χ3n) is 3.09. The average Bonchev–Trinajstić information content (AvgIpc) is 3.18. The molecule has 2 rings (SSSR count). The van der Waals surface area contributed by atoms with Crippen LogP contribution in [0.5, 0.6) is 0 Å². The highest BCUT2D eigenvalue weighted by Crippen LogP contribution is 2.38. The molecule has 0 heterocycles. The van der Waals surface area contributed by atoms with Crippen molar-refractivity contribution in [1.82, 2.24) is 0 Å². The second-order valence-electron chi connectivity index (χ2n) is 4.68. The van der Waals surface area contributed by atoms with E-state index in [1.165, 1.54) is 4.90 Å². The molecule has 6 nitrogen and oxygen atoms in total. The van der Waals surface area contributed by atoms with Gasteiger partial charge in [-0.2, -0.15) is 4.39 Å². The van der Waals surface area contributed by atoms with E-state index in [9.17, 15) is 23.7 Å². The summed E-state index contributed by atoms with van der Waals surface area (Å²) in [5.74, 6) is -2.78. The van der Waals surface area contributed by atoms with Crippen LogP contribution in [0.15, 0.2) is 12.1 Å². The number of carbonyl (C=O) groups excluding carboxylic acids is 1. The van der Waals surface area contributed by atoms with Crippen molar-refractivity contribution in [1.29, 1.82) is 0 Å². The molecule has 0 spiro atoms. The van der Waals surface area contributed by atoms with Crippen molar-refractivity contribution in [3.05, 3.63) is 33.9 Å². The van der Waals surface area contributed by atoms with Crippen LogP contribution in [-0.4, -0.2) is 30.1 Å². The molecule has 1 saturated carbocycles. The van der Waals surface area contributed by atoms with Gasteiger partial charge in [0.1, 0.15) is 18.0 Å². The highest BCUT2D eigenvalue weighted by atomic mass is 19.1. The van der Waals surface area contributed by atoms with E-state index in [0.29, 0.717) is 18.9 Å². The third-order valence-corrected chi connectivity index (χ3v) is 3.09. The number of nitro benzene ring substituents is 1. The lowest BCUT2D eigenvalue weighted by Crippen LogP contribution is -2.33. The fourth-order valence-electron chi connectivity index (χ4n) is 2.09. The summed E-state index contributed by atoms with van der Waals surface area (Å²) in [6.07, 6.45) is 1.41. The van der Waals surface area contributed by atoms with Gasteiger partial charge in [-0.3, -0.25) is 14.9 Å². The van der Waals surface area contributed by atoms with E-state index < -0.39 is 28.2 Å². The maximum absolute atomic E-state index is 13.7. The average molecular weight is 300 g/mol. The summed E-state index contributed by atoms with van der Waals surface area (Å²) in [5.41, 5.74) is -1.05. The number of carbonyl (C=O) groups is 1. The number of halogens is 2. The summed E-state index contributed by atoms with van der Waals surface area (Å²) in [5, 5.41) is 11.0. The molecule has 0 radical (unpaired) electrons. The summed E-state index contributed by atoms with van der Waals surface area (Å²) >= 11 is 0. The summed E-state index contributed by atoms with van der Waals surface area (Å²) in [4.78, 5) is 23.0. The van der Waals surface area contributed by atoms with Crippen LogP contribution in [-0.2, 0) is 9.53 Å². The molecule has 0 atom stereocenters. The molecule has 0 amide bonds. The molecular weight excluding hydrogens is 286 g/mol. The molecule has 1 aliphatic carbocycles. The quantitative estimate of drug-likeness (QED) is 0.458. The minimum absolute atomic E-state index is 0.144. The predicted octanol–water partition coefficient (Wildman–Crippen LogP) is 2.40. The van der Waals surface area contributed by atoms with Crippen molar-refractivity contribution in [2.75, 3.05) is 18.1 Å². The van der Waals surface area contributed by atoms with Gasteiger partial charge in [-0.15, -0.1) is 0 Å². The summed E-state index contributed by atoms with van der Waals surface area (Å²) in [7, 11) is 0. The van der Waals surface area contributed by atoms with Crippen LogP contribution in [0.1, 0.15) is 19.8 Å². The van der Waals surface area contributed by atoms with Crippen LogP contribution in [0.25, 0.3) is 0 Å². The molecule has 8 heteroatoms. The lowest BCUT2D eigenvalue weighted by atomic mass is 10.2. The molecular formula is C13H14F2N2O4. The highest BCUT2D eigenvalue weighted by molar-refractivity contribution is 5.78. The van der Waals surface area contributed by atoms with Gasteiger partial charge in [0.25, 0.3) is 0 Å². The van der Waals surface area contributed by atoms with Gasteiger partial charge in [0.15, 0.2) is 0 Å². The van der Waals surface area contributed by atoms with Crippen molar-refractivity contribution in [2.45, 2.75) is 25.8 Å². The number of esters is 1. The van der Waals surface area contributed by atoms with Crippen LogP contribution >= 0.6 is 0 Å². The number of ether oxygens (including phenoxy) is 1. The number of nitrogens with zero attached hydrogens (tertiary/aromatic N) is 2. The second kappa shape index (κ2) is 6.02. The van der Waals surface area contributed by atoms with E-state index >= 15 is 0 Å². The monoisotopic (exact) mass is 300 g/mol. The van der Waals surface area contributed by atoms with Gasteiger partial charge in [-0.1, -0.05) is 0 Å². The van der Waals surface area contributed by atoms with Crippen molar-refractivity contribution >= 4 is 17.3 Å². The molecule has 0 unspecified atom stereocenters. The zero-order chi connectivity index (χ0) is 15.6. The fraction of sp³-hybridized carbons (Fsp3) is 0.462. The van der Waals surface area contributed by atoms with Gasteiger partial charge >= 0.3 is 11.7 Å². The molecule has 1 aromatic rings. The van der Waals surface area contributed by atoms with Gasteiger partial charge in [0.05, 0.1) is 11.5 Å². The smallest absolute Gasteiger partial charge is 0.328 e. The Kier molecular flexibility index (Phi) is 4.35. The molecule has 114 valence electrons. The number of benzene rings is 1. The molecule has 0 N–H and O–H groups in total.